The largest absolute Gasteiger partial charge is 0.508 e. The van der Waals surface area contributed by atoms with Gasteiger partial charge in [-0.05, 0) is 67.2 Å². The van der Waals surface area contributed by atoms with Crippen LogP contribution in [0.25, 0.3) is 22.6 Å². The van der Waals surface area contributed by atoms with Crippen molar-refractivity contribution < 1.29 is 29.0 Å². The summed E-state index contributed by atoms with van der Waals surface area (Å²) in [5.41, 5.74) is 4.57. The number of carbonyl (C=O) groups excluding carboxylic acids is 3. The Labute approximate surface area is 208 Å². The van der Waals surface area contributed by atoms with E-state index < -0.39 is 18.5 Å². The monoisotopic (exact) mass is 488 g/mol. The van der Waals surface area contributed by atoms with E-state index in [4.69, 9.17) is 14.5 Å². The number of aromatic nitrogens is 1. The van der Waals surface area contributed by atoms with Gasteiger partial charge in [0.15, 0.2) is 6.61 Å². The number of benzene rings is 2. The van der Waals surface area contributed by atoms with Gasteiger partial charge in [0.05, 0.1) is 23.4 Å². The van der Waals surface area contributed by atoms with Crippen LogP contribution in [0.3, 0.4) is 0 Å². The molecule has 0 radical (unpaired) electrons. The molecule has 0 aliphatic heterocycles. The molecule has 3 aromatic rings. The van der Waals surface area contributed by atoms with Crippen LogP contribution in [0.1, 0.15) is 53.4 Å². The van der Waals surface area contributed by atoms with Gasteiger partial charge in [0.2, 0.25) is 0 Å². The lowest BCUT2D eigenvalue weighted by Gasteiger charge is -2.12. The zero-order valence-electron chi connectivity index (χ0n) is 20.1. The Morgan fingerprint density at radius 2 is 1.83 bits per heavy atom. The fourth-order valence-electron chi connectivity index (χ4n) is 4.23. The first-order valence-corrected chi connectivity index (χ1v) is 12.0. The number of fused-ring (bicyclic) bond motifs is 2. The highest BCUT2D eigenvalue weighted by Gasteiger charge is 2.28. The Kier molecular flexibility index (Phi) is 7.95. The van der Waals surface area contributed by atoms with Crippen LogP contribution in [-0.4, -0.2) is 47.7 Å². The standard InChI is InChI=1S/C28H28N2O6/c1-2-35-25(33)8-5-15-29-24(32)17-36-28(34)26-21-6-3-4-7-23(21)30-27-19(11-14-22(26)27)16-18-9-12-20(31)13-10-18/h3-4,6-7,9-10,12-13,16,31H,2,5,8,11,14-15,17H2,1H3,(H,29,32)/b19-16+. The SMILES string of the molecule is CCOC(=O)CCCNC(=O)COC(=O)c1c2c(nc3ccccc13)/C(=C/c1ccc(O)cc1)CC2. The number of phenolic OH excluding ortho intramolecular Hbond substituents is 1. The van der Waals surface area contributed by atoms with E-state index in [1.54, 1.807) is 19.1 Å². The highest BCUT2D eigenvalue weighted by Crippen LogP contribution is 2.37. The molecule has 1 aliphatic rings. The van der Waals surface area contributed by atoms with E-state index >= 15 is 0 Å². The summed E-state index contributed by atoms with van der Waals surface area (Å²) in [4.78, 5) is 41.6. The number of para-hydroxylation sites is 1. The maximum Gasteiger partial charge on any atom is 0.339 e. The zero-order chi connectivity index (χ0) is 25.5. The number of pyridine rings is 1. The fourth-order valence-corrected chi connectivity index (χ4v) is 4.23. The van der Waals surface area contributed by atoms with Crippen LogP contribution in [0.4, 0.5) is 0 Å². The van der Waals surface area contributed by atoms with Crippen molar-refractivity contribution in [2.75, 3.05) is 19.8 Å². The topological polar surface area (TPSA) is 115 Å². The van der Waals surface area contributed by atoms with E-state index in [1.807, 2.05) is 42.5 Å². The summed E-state index contributed by atoms with van der Waals surface area (Å²) in [5.74, 6) is -1.12. The first-order chi connectivity index (χ1) is 17.5. The van der Waals surface area contributed by atoms with Gasteiger partial charge in [0.25, 0.3) is 5.91 Å². The number of nitrogens with zero attached hydrogens (tertiary/aromatic N) is 1. The Morgan fingerprint density at radius 3 is 2.61 bits per heavy atom. The molecule has 2 N–H and O–H groups in total. The van der Waals surface area contributed by atoms with E-state index in [2.05, 4.69) is 5.32 Å². The average molecular weight is 489 g/mol. The van der Waals surface area contributed by atoms with Gasteiger partial charge in [0.1, 0.15) is 5.75 Å². The van der Waals surface area contributed by atoms with Gasteiger partial charge in [-0.3, -0.25) is 9.59 Å². The number of hydrogen-bond acceptors (Lipinski definition) is 7. The van der Waals surface area contributed by atoms with Gasteiger partial charge >= 0.3 is 11.9 Å². The maximum atomic E-state index is 13.2. The van der Waals surface area contributed by atoms with Gasteiger partial charge in [-0.25, -0.2) is 9.78 Å². The van der Waals surface area contributed by atoms with Crippen molar-refractivity contribution in [2.24, 2.45) is 0 Å². The number of esters is 2. The van der Waals surface area contributed by atoms with Gasteiger partial charge in [-0.1, -0.05) is 30.3 Å². The number of carbonyl (C=O) groups is 3. The number of aromatic hydroxyl groups is 1. The van der Waals surface area contributed by atoms with Crippen molar-refractivity contribution >= 4 is 40.4 Å². The first-order valence-electron chi connectivity index (χ1n) is 12.0. The molecule has 1 heterocycles. The molecule has 8 heteroatoms. The third-order valence-corrected chi connectivity index (χ3v) is 5.90. The summed E-state index contributed by atoms with van der Waals surface area (Å²) in [5, 5.41) is 12.9. The Morgan fingerprint density at radius 1 is 1.06 bits per heavy atom. The van der Waals surface area contributed by atoms with Gasteiger partial charge in [-0.15, -0.1) is 0 Å². The number of amides is 1. The average Bonchev–Trinajstić information content (AvgIpc) is 3.27. The molecule has 1 aromatic heterocycles. The predicted molar refractivity (Wildman–Crippen MR) is 135 cm³/mol. The third-order valence-electron chi connectivity index (χ3n) is 5.90. The van der Waals surface area contributed by atoms with Crippen LogP contribution in [0.2, 0.25) is 0 Å². The minimum absolute atomic E-state index is 0.196. The quantitative estimate of drug-likeness (QED) is 0.345. The Balaban J connectivity index is 1.49. The van der Waals surface area contributed by atoms with Crippen molar-refractivity contribution in [2.45, 2.75) is 32.6 Å². The fraction of sp³-hybridized carbons (Fsp3) is 0.286. The number of phenols is 1. The first kappa shape index (κ1) is 24.9. The number of rotatable bonds is 9. The highest BCUT2D eigenvalue weighted by molar-refractivity contribution is 6.07. The minimum Gasteiger partial charge on any atom is -0.508 e. The lowest BCUT2D eigenvalue weighted by Crippen LogP contribution is -2.30. The molecule has 1 aliphatic carbocycles. The number of hydrogen-bond donors (Lipinski definition) is 2. The minimum atomic E-state index is -0.572. The van der Waals surface area contributed by atoms with Crippen LogP contribution in [-0.2, 0) is 25.5 Å². The molecular formula is C28H28N2O6. The molecule has 8 nitrogen and oxygen atoms in total. The summed E-state index contributed by atoms with van der Waals surface area (Å²) < 4.78 is 10.2. The molecule has 2 aromatic carbocycles. The number of allylic oxidation sites excluding steroid dienone is 1. The van der Waals surface area contributed by atoms with Crippen molar-refractivity contribution in [1.29, 1.82) is 0 Å². The van der Waals surface area contributed by atoms with E-state index in [1.165, 1.54) is 0 Å². The van der Waals surface area contributed by atoms with Crippen molar-refractivity contribution in [3.63, 3.8) is 0 Å². The molecule has 0 saturated heterocycles. The van der Waals surface area contributed by atoms with Crippen molar-refractivity contribution in [1.82, 2.24) is 10.3 Å². The van der Waals surface area contributed by atoms with Gasteiger partial charge < -0.3 is 19.9 Å². The van der Waals surface area contributed by atoms with Crippen molar-refractivity contribution in [3.8, 4) is 5.75 Å². The molecule has 0 bridgehead atoms. The molecule has 0 fully saturated rings. The van der Waals surface area contributed by atoms with Crippen molar-refractivity contribution in [3.05, 3.63) is 70.9 Å². The summed E-state index contributed by atoms with van der Waals surface area (Å²) in [6.45, 7) is 1.93. The van der Waals surface area contributed by atoms with Crippen LogP contribution < -0.4 is 5.32 Å². The van der Waals surface area contributed by atoms with E-state index in [9.17, 15) is 19.5 Å². The van der Waals surface area contributed by atoms with E-state index in [-0.39, 0.29) is 24.7 Å². The Hall–Kier alpha value is -4.20. The second kappa shape index (κ2) is 11.5. The highest BCUT2D eigenvalue weighted by atomic mass is 16.5. The second-order valence-electron chi connectivity index (χ2n) is 8.43. The molecule has 36 heavy (non-hydrogen) atoms. The molecule has 1 amide bonds. The van der Waals surface area contributed by atoms with Crippen LogP contribution in [0.5, 0.6) is 5.75 Å². The summed E-state index contributed by atoms with van der Waals surface area (Å²) >= 11 is 0. The maximum absolute atomic E-state index is 13.2. The summed E-state index contributed by atoms with van der Waals surface area (Å²) in [6.07, 6.45) is 3.99. The van der Waals surface area contributed by atoms with Crippen LogP contribution in [0, 0.1) is 0 Å². The van der Waals surface area contributed by atoms with Gasteiger partial charge in [-0.2, -0.15) is 0 Å². The molecule has 0 unspecified atom stereocenters. The smallest absolute Gasteiger partial charge is 0.339 e. The van der Waals surface area contributed by atoms with Gasteiger partial charge in [0, 0.05) is 18.4 Å². The normalized spacial score (nSPS) is 13.4. The second-order valence-corrected chi connectivity index (χ2v) is 8.43. The molecule has 186 valence electrons. The van der Waals surface area contributed by atoms with Crippen LogP contribution in [0.15, 0.2) is 48.5 Å². The number of ether oxygens (including phenoxy) is 2. The summed E-state index contributed by atoms with van der Waals surface area (Å²) in [7, 11) is 0. The molecule has 4 rings (SSSR count). The number of nitrogens with one attached hydrogen (secondary N) is 1. The molecule has 0 saturated carbocycles. The molecular weight excluding hydrogens is 460 g/mol. The van der Waals surface area contributed by atoms with Crippen LogP contribution >= 0.6 is 0 Å². The lowest BCUT2D eigenvalue weighted by molar-refractivity contribution is -0.143. The molecule has 0 spiro atoms. The van der Waals surface area contributed by atoms with E-state index in [0.717, 1.165) is 22.4 Å². The summed E-state index contributed by atoms with van der Waals surface area (Å²) in [6, 6.07) is 14.3. The van der Waals surface area contributed by atoms with E-state index in [0.29, 0.717) is 42.3 Å². The zero-order valence-corrected chi connectivity index (χ0v) is 20.1. The lowest BCUT2D eigenvalue weighted by atomic mass is 10.0. The Bertz CT molecular complexity index is 1310. The third kappa shape index (κ3) is 5.89. The molecule has 0 atom stereocenters. The predicted octanol–water partition coefficient (Wildman–Crippen LogP) is 4.04.